The fraction of sp³-hybridized carbons (Fsp3) is 0.133. The van der Waals surface area contributed by atoms with Gasteiger partial charge in [0.25, 0.3) is 0 Å². The second kappa shape index (κ2) is 5.40. The molecular weight excluding hydrogens is 333 g/mol. The number of carbonyl (C=O) groups excluding carboxylic acids is 1. The molecule has 0 fully saturated rings. The lowest BCUT2D eigenvalue weighted by atomic mass is 10.0. The highest BCUT2D eigenvalue weighted by atomic mass is 79.9. The summed E-state index contributed by atoms with van der Waals surface area (Å²) in [6.07, 6.45) is -4.40. The zero-order chi connectivity index (χ0) is 14.9. The summed E-state index contributed by atoms with van der Waals surface area (Å²) in [4.78, 5) is 12.2. The van der Waals surface area contributed by atoms with E-state index in [0.29, 0.717) is 10.0 Å². The first-order chi connectivity index (χ1) is 9.29. The zero-order valence-electron chi connectivity index (χ0n) is 10.5. The van der Waals surface area contributed by atoms with Crippen LogP contribution in [-0.4, -0.2) is 5.78 Å². The molecule has 0 amide bonds. The van der Waals surface area contributed by atoms with Gasteiger partial charge in [-0.2, -0.15) is 13.2 Å². The van der Waals surface area contributed by atoms with Crippen molar-refractivity contribution < 1.29 is 18.0 Å². The molecule has 1 nitrogen and oxygen atoms in total. The Labute approximate surface area is 122 Å². The van der Waals surface area contributed by atoms with Crippen molar-refractivity contribution in [2.45, 2.75) is 13.1 Å². The molecule has 5 heteroatoms. The second-order valence-corrected chi connectivity index (χ2v) is 5.24. The average Bonchev–Trinajstić information content (AvgIpc) is 2.37. The number of benzene rings is 2. The Morgan fingerprint density at radius 1 is 1.05 bits per heavy atom. The van der Waals surface area contributed by atoms with Gasteiger partial charge in [-0.15, -0.1) is 0 Å². The van der Waals surface area contributed by atoms with Gasteiger partial charge in [0.1, 0.15) is 0 Å². The van der Waals surface area contributed by atoms with E-state index >= 15 is 0 Å². The Hall–Kier alpha value is -1.62. The van der Waals surface area contributed by atoms with Gasteiger partial charge in [0.05, 0.1) is 5.56 Å². The van der Waals surface area contributed by atoms with Gasteiger partial charge < -0.3 is 0 Å². The number of halogens is 4. The van der Waals surface area contributed by atoms with Crippen LogP contribution in [0.4, 0.5) is 13.2 Å². The van der Waals surface area contributed by atoms with Gasteiger partial charge in [-0.25, -0.2) is 0 Å². The largest absolute Gasteiger partial charge is 0.416 e. The summed E-state index contributed by atoms with van der Waals surface area (Å²) in [7, 11) is 0. The number of rotatable bonds is 2. The summed E-state index contributed by atoms with van der Waals surface area (Å²) < 4.78 is 38.0. The fourth-order valence-electron chi connectivity index (χ4n) is 1.77. The number of ketones is 1. The molecule has 0 atom stereocenters. The van der Waals surface area contributed by atoms with E-state index in [2.05, 4.69) is 15.9 Å². The zero-order valence-corrected chi connectivity index (χ0v) is 12.0. The molecule has 2 rings (SSSR count). The molecule has 0 aromatic heterocycles. The highest BCUT2D eigenvalue weighted by molar-refractivity contribution is 9.10. The molecule has 0 spiro atoms. The maximum absolute atomic E-state index is 12.5. The van der Waals surface area contributed by atoms with Crippen LogP contribution in [0.1, 0.15) is 27.0 Å². The lowest BCUT2D eigenvalue weighted by Gasteiger charge is -2.08. The third kappa shape index (κ3) is 3.10. The molecule has 2 aromatic rings. The van der Waals surface area contributed by atoms with Crippen LogP contribution in [0.5, 0.6) is 0 Å². The van der Waals surface area contributed by atoms with E-state index < -0.39 is 11.7 Å². The van der Waals surface area contributed by atoms with E-state index in [-0.39, 0.29) is 11.3 Å². The van der Waals surface area contributed by atoms with Crippen LogP contribution in [0.3, 0.4) is 0 Å². The maximum Gasteiger partial charge on any atom is 0.416 e. The molecule has 0 radical (unpaired) electrons. The normalized spacial score (nSPS) is 11.4. The van der Waals surface area contributed by atoms with Crippen LogP contribution in [-0.2, 0) is 6.18 Å². The topological polar surface area (TPSA) is 17.1 Å². The lowest BCUT2D eigenvalue weighted by molar-refractivity contribution is -0.137. The number of aryl methyl sites for hydroxylation is 1. The quantitative estimate of drug-likeness (QED) is 0.701. The molecular formula is C15H10BrF3O. The molecule has 0 N–H and O–H groups in total. The summed E-state index contributed by atoms with van der Waals surface area (Å²) in [5, 5.41) is 0. The minimum absolute atomic E-state index is 0.225. The monoisotopic (exact) mass is 342 g/mol. The maximum atomic E-state index is 12.5. The van der Waals surface area contributed by atoms with E-state index in [0.717, 1.165) is 17.7 Å². The van der Waals surface area contributed by atoms with Gasteiger partial charge in [-0.1, -0.05) is 34.1 Å². The van der Waals surface area contributed by atoms with Crippen LogP contribution in [0.2, 0.25) is 0 Å². The van der Waals surface area contributed by atoms with Crippen molar-refractivity contribution >= 4 is 21.7 Å². The Morgan fingerprint density at radius 2 is 1.65 bits per heavy atom. The third-order valence-corrected chi connectivity index (χ3v) is 3.50. The first-order valence-corrected chi connectivity index (χ1v) is 6.56. The summed E-state index contributed by atoms with van der Waals surface area (Å²) >= 11 is 3.29. The van der Waals surface area contributed by atoms with Crippen molar-refractivity contribution in [2.75, 3.05) is 0 Å². The molecule has 0 aliphatic rings. The summed E-state index contributed by atoms with van der Waals surface area (Å²) in [5.74, 6) is -0.314. The van der Waals surface area contributed by atoms with E-state index in [1.807, 2.05) is 6.92 Å². The van der Waals surface area contributed by atoms with Crippen molar-refractivity contribution in [3.05, 3.63) is 69.2 Å². The van der Waals surface area contributed by atoms with Crippen molar-refractivity contribution in [3.8, 4) is 0 Å². The van der Waals surface area contributed by atoms with Gasteiger partial charge in [0.15, 0.2) is 5.78 Å². The van der Waals surface area contributed by atoms with Crippen LogP contribution in [0.15, 0.2) is 46.9 Å². The Kier molecular flexibility index (Phi) is 3.99. The molecule has 0 heterocycles. The predicted octanol–water partition coefficient (Wildman–Crippen LogP) is 5.01. The van der Waals surface area contributed by atoms with Gasteiger partial charge in [0, 0.05) is 15.6 Å². The fourth-order valence-corrected chi connectivity index (χ4v) is 2.44. The van der Waals surface area contributed by atoms with Gasteiger partial charge >= 0.3 is 6.18 Å². The minimum atomic E-state index is -4.40. The summed E-state index contributed by atoms with van der Waals surface area (Å²) in [5.41, 5.74) is 0.871. The van der Waals surface area contributed by atoms with E-state index in [9.17, 15) is 18.0 Å². The van der Waals surface area contributed by atoms with Crippen LogP contribution in [0, 0.1) is 6.92 Å². The molecule has 0 unspecified atom stereocenters. The molecule has 0 aliphatic carbocycles. The van der Waals surface area contributed by atoms with E-state index in [1.165, 1.54) is 12.1 Å². The molecule has 0 saturated heterocycles. The van der Waals surface area contributed by atoms with Crippen molar-refractivity contribution in [3.63, 3.8) is 0 Å². The standard InChI is InChI=1S/C15H10BrF3O/c1-9-2-7-12(13(16)8-9)14(20)10-3-5-11(6-4-10)15(17,18)19/h2-8H,1H3. The summed E-state index contributed by atoms with van der Waals surface area (Å²) in [6, 6.07) is 9.43. The number of carbonyl (C=O) groups is 1. The Balaban J connectivity index is 2.34. The third-order valence-electron chi connectivity index (χ3n) is 2.84. The smallest absolute Gasteiger partial charge is 0.289 e. The average molecular weight is 343 g/mol. The van der Waals surface area contributed by atoms with E-state index in [4.69, 9.17) is 0 Å². The van der Waals surface area contributed by atoms with Crippen LogP contribution in [0.25, 0.3) is 0 Å². The Morgan fingerprint density at radius 3 is 2.15 bits per heavy atom. The first kappa shape index (κ1) is 14.8. The van der Waals surface area contributed by atoms with E-state index in [1.54, 1.807) is 18.2 Å². The molecule has 2 aromatic carbocycles. The number of hydrogen-bond donors (Lipinski definition) is 0. The van der Waals surface area contributed by atoms with Crippen LogP contribution < -0.4 is 0 Å². The lowest BCUT2D eigenvalue weighted by Crippen LogP contribution is -2.07. The van der Waals surface area contributed by atoms with Crippen molar-refractivity contribution in [1.29, 1.82) is 0 Å². The van der Waals surface area contributed by atoms with Gasteiger partial charge in [0.2, 0.25) is 0 Å². The van der Waals surface area contributed by atoms with Crippen molar-refractivity contribution in [2.24, 2.45) is 0 Å². The molecule has 104 valence electrons. The molecule has 0 bridgehead atoms. The number of alkyl halides is 3. The SMILES string of the molecule is Cc1ccc(C(=O)c2ccc(C(F)(F)F)cc2)c(Br)c1. The summed E-state index contributed by atoms with van der Waals surface area (Å²) in [6.45, 7) is 1.89. The highest BCUT2D eigenvalue weighted by Crippen LogP contribution is 2.29. The molecule has 20 heavy (non-hydrogen) atoms. The van der Waals surface area contributed by atoms with Crippen molar-refractivity contribution in [1.82, 2.24) is 0 Å². The van der Waals surface area contributed by atoms with Gasteiger partial charge in [-0.05, 0) is 36.8 Å². The number of hydrogen-bond acceptors (Lipinski definition) is 1. The second-order valence-electron chi connectivity index (χ2n) is 4.39. The Bertz CT molecular complexity index is 645. The first-order valence-electron chi connectivity index (χ1n) is 5.77. The minimum Gasteiger partial charge on any atom is -0.289 e. The van der Waals surface area contributed by atoms with Crippen LogP contribution >= 0.6 is 15.9 Å². The molecule has 0 saturated carbocycles. The highest BCUT2D eigenvalue weighted by Gasteiger charge is 2.30. The molecule has 0 aliphatic heterocycles. The predicted molar refractivity (Wildman–Crippen MR) is 73.8 cm³/mol. The van der Waals surface area contributed by atoms with Gasteiger partial charge in [-0.3, -0.25) is 4.79 Å².